The molecule has 0 N–H and O–H groups in total. The number of benzene rings is 2. The van der Waals surface area contributed by atoms with Crippen molar-refractivity contribution in [2.24, 2.45) is 0 Å². The second kappa shape index (κ2) is 10.1. The Morgan fingerprint density at radius 1 is 1.03 bits per heavy atom. The van der Waals surface area contributed by atoms with Crippen LogP contribution in [0.2, 0.25) is 0 Å². The predicted molar refractivity (Wildman–Crippen MR) is 134 cm³/mol. The van der Waals surface area contributed by atoms with Crippen LogP contribution in [-0.2, 0) is 11.2 Å². The molecule has 34 heavy (non-hydrogen) atoms. The molecule has 0 bridgehead atoms. The van der Waals surface area contributed by atoms with E-state index in [1.165, 1.54) is 17.3 Å². The van der Waals surface area contributed by atoms with Crippen molar-refractivity contribution in [3.63, 3.8) is 0 Å². The minimum atomic E-state index is 0.0730. The first-order valence-electron chi connectivity index (χ1n) is 11.3. The van der Waals surface area contributed by atoms with Crippen LogP contribution in [0, 0.1) is 0 Å². The number of pyridine rings is 1. The first-order chi connectivity index (χ1) is 16.7. The number of aromatic nitrogens is 4. The number of nitrogens with zero attached hydrogens (tertiary/aromatic N) is 5. The highest BCUT2D eigenvalue weighted by molar-refractivity contribution is 7.99. The predicted octanol–water partition coefficient (Wildman–Crippen LogP) is 4.80. The monoisotopic (exact) mass is 471 g/mol. The van der Waals surface area contributed by atoms with Crippen LogP contribution in [-0.4, -0.2) is 44.6 Å². The second-order valence-electron chi connectivity index (χ2n) is 7.87. The number of ether oxygens (including phenoxy) is 1. The van der Waals surface area contributed by atoms with Crippen LogP contribution < -0.4 is 9.64 Å². The van der Waals surface area contributed by atoms with E-state index in [4.69, 9.17) is 4.74 Å². The number of hydrogen-bond acceptors (Lipinski definition) is 6. The van der Waals surface area contributed by atoms with E-state index < -0.39 is 0 Å². The summed E-state index contributed by atoms with van der Waals surface area (Å²) in [4.78, 5) is 19.2. The molecule has 0 saturated carbocycles. The van der Waals surface area contributed by atoms with Gasteiger partial charge < -0.3 is 9.64 Å². The molecule has 0 aliphatic carbocycles. The van der Waals surface area contributed by atoms with Gasteiger partial charge in [0.2, 0.25) is 5.91 Å². The number of hydrogen-bond donors (Lipinski definition) is 0. The molecule has 0 radical (unpaired) electrons. The van der Waals surface area contributed by atoms with Gasteiger partial charge in [-0.2, -0.15) is 0 Å². The molecule has 1 amide bonds. The molecule has 1 aliphatic heterocycles. The quantitative estimate of drug-likeness (QED) is 0.361. The highest BCUT2D eigenvalue weighted by atomic mass is 32.2. The van der Waals surface area contributed by atoms with E-state index in [0.29, 0.717) is 17.6 Å². The SMILES string of the molecule is CCOc1ccc(-n2c(SCC(=O)N3CCCc4ccccc43)nnc2-c2ccncc2)cc1. The average molecular weight is 472 g/mol. The van der Waals surface area contributed by atoms with Crippen molar-refractivity contribution < 1.29 is 9.53 Å². The summed E-state index contributed by atoms with van der Waals surface area (Å²) in [6.07, 6.45) is 5.45. The van der Waals surface area contributed by atoms with Crippen LogP contribution in [0.25, 0.3) is 17.1 Å². The molecule has 0 spiro atoms. The molecule has 2 aromatic heterocycles. The Morgan fingerprint density at radius 3 is 2.62 bits per heavy atom. The zero-order valence-electron chi connectivity index (χ0n) is 18.9. The van der Waals surface area contributed by atoms with E-state index >= 15 is 0 Å². The topological polar surface area (TPSA) is 73.1 Å². The van der Waals surface area contributed by atoms with Crippen molar-refractivity contribution >= 4 is 23.4 Å². The minimum absolute atomic E-state index is 0.0730. The van der Waals surface area contributed by atoms with E-state index in [0.717, 1.165) is 42.1 Å². The van der Waals surface area contributed by atoms with E-state index in [2.05, 4.69) is 21.2 Å². The molecule has 0 saturated heterocycles. The van der Waals surface area contributed by atoms with Crippen LogP contribution >= 0.6 is 11.8 Å². The number of carbonyl (C=O) groups is 1. The summed E-state index contributed by atoms with van der Waals surface area (Å²) in [7, 11) is 0. The van der Waals surface area contributed by atoms with Crippen LogP contribution in [0.3, 0.4) is 0 Å². The number of anilines is 1. The molecule has 0 fully saturated rings. The number of amides is 1. The van der Waals surface area contributed by atoms with Crippen LogP contribution in [0.1, 0.15) is 18.9 Å². The Morgan fingerprint density at radius 2 is 1.82 bits per heavy atom. The van der Waals surface area contributed by atoms with Gasteiger partial charge in [-0.15, -0.1) is 10.2 Å². The van der Waals surface area contributed by atoms with Gasteiger partial charge in [0.05, 0.1) is 12.4 Å². The largest absolute Gasteiger partial charge is 0.494 e. The number of fused-ring (bicyclic) bond motifs is 1. The number of rotatable bonds is 7. The van der Waals surface area contributed by atoms with Gasteiger partial charge in [0.25, 0.3) is 0 Å². The molecule has 8 heteroatoms. The zero-order valence-corrected chi connectivity index (χ0v) is 19.7. The molecular weight excluding hydrogens is 446 g/mol. The number of aryl methyl sites for hydroxylation is 1. The molecule has 2 aromatic carbocycles. The van der Waals surface area contributed by atoms with Crippen molar-refractivity contribution in [2.45, 2.75) is 24.9 Å². The Hall–Kier alpha value is -3.65. The fraction of sp³-hybridized carbons (Fsp3) is 0.231. The standard InChI is InChI=1S/C26H25N5O2S/c1-2-33-22-11-9-21(10-12-22)31-25(20-13-15-27-16-14-20)28-29-26(31)34-18-24(32)30-17-5-7-19-6-3-4-8-23(19)30/h3-4,6,8-16H,2,5,7,17-18H2,1H3. The number of thioether (sulfide) groups is 1. The van der Waals surface area contributed by atoms with E-state index in [-0.39, 0.29) is 11.7 Å². The Labute approximate surface area is 202 Å². The van der Waals surface area contributed by atoms with Gasteiger partial charge in [0.1, 0.15) is 5.75 Å². The van der Waals surface area contributed by atoms with Crippen molar-refractivity contribution in [1.82, 2.24) is 19.7 Å². The summed E-state index contributed by atoms with van der Waals surface area (Å²) in [6, 6.07) is 19.8. The maximum absolute atomic E-state index is 13.2. The fourth-order valence-corrected chi connectivity index (χ4v) is 4.97. The summed E-state index contributed by atoms with van der Waals surface area (Å²) in [5.41, 5.74) is 4.05. The molecular formula is C26H25N5O2S. The number of para-hydroxylation sites is 1. The van der Waals surface area contributed by atoms with Crippen molar-refractivity contribution in [1.29, 1.82) is 0 Å². The normalized spacial score (nSPS) is 12.9. The molecule has 3 heterocycles. The van der Waals surface area contributed by atoms with Gasteiger partial charge in [0.15, 0.2) is 11.0 Å². The smallest absolute Gasteiger partial charge is 0.237 e. The maximum Gasteiger partial charge on any atom is 0.237 e. The van der Waals surface area contributed by atoms with Gasteiger partial charge in [-0.1, -0.05) is 30.0 Å². The lowest BCUT2D eigenvalue weighted by Gasteiger charge is -2.29. The summed E-state index contributed by atoms with van der Waals surface area (Å²) in [5, 5.41) is 9.56. The third-order valence-electron chi connectivity index (χ3n) is 5.71. The lowest BCUT2D eigenvalue weighted by molar-refractivity contribution is -0.116. The summed E-state index contributed by atoms with van der Waals surface area (Å²) >= 11 is 1.40. The highest BCUT2D eigenvalue weighted by Crippen LogP contribution is 2.31. The van der Waals surface area contributed by atoms with Crippen molar-refractivity contribution in [3.8, 4) is 22.8 Å². The molecule has 172 valence electrons. The van der Waals surface area contributed by atoms with Crippen LogP contribution in [0.4, 0.5) is 5.69 Å². The first kappa shape index (κ1) is 22.2. The lowest BCUT2D eigenvalue weighted by atomic mass is 10.0. The van der Waals surface area contributed by atoms with Crippen molar-refractivity contribution in [3.05, 3.63) is 78.6 Å². The van der Waals surface area contributed by atoms with Gasteiger partial charge >= 0.3 is 0 Å². The fourth-order valence-electron chi connectivity index (χ4n) is 4.14. The van der Waals surface area contributed by atoms with Crippen LogP contribution in [0.15, 0.2) is 78.2 Å². The Kier molecular flexibility index (Phi) is 6.58. The number of carbonyl (C=O) groups excluding carboxylic acids is 1. The highest BCUT2D eigenvalue weighted by Gasteiger charge is 2.24. The molecule has 0 unspecified atom stereocenters. The van der Waals surface area contributed by atoms with E-state index in [1.54, 1.807) is 12.4 Å². The minimum Gasteiger partial charge on any atom is -0.494 e. The average Bonchev–Trinajstić information content (AvgIpc) is 3.32. The van der Waals surface area contributed by atoms with Crippen molar-refractivity contribution in [2.75, 3.05) is 23.8 Å². The van der Waals surface area contributed by atoms with E-state index in [1.807, 2.05) is 71.0 Å². The second-order valence-corrected chi connectivity index (χ2v) is 8.81. The Balaban J connectivity index is 1.43. The molecule has 4 aromatic rings. The summed E-state index contributed by atoms with van der Waals surface area (Å²) < 4.78 is 7.57. The molecule has 1 aliphatic rings. The lowest BCUT2D eigenvalue weighted by Crippen LogP contribution is -2.36. The Bertz CT molecular complexity index is 1270. The van der Waals surface area contributed by atoms with Crippen LogP contribution in [0.5, 0.6) is 5.75 Å². The van der Waals surface area contributed by atoms with Gasteiger partial charge in [-0.25, -0.2) is 0 Å². The van der Waals surface area contributed by atoms with Gasteiger partial charge in [-0.3, -0.25) is 14.3 Å². The van der Waals surface area contributed by atoms with Gasteiger partial charge in [-0.05, 0) is 67.8 Å². The third-order valence-corrected chi connectivity index (χ3v) is 6.63. The third kappa shape index (κ3) is 4.54. The summed E-state index contributed by atoms with van der Waals surface area (Å²) in [5.74, 6) is 1.85. The zero-order chi connectivity index (χ0) is 23.3. The molecule has 5 rings (SSSR count). The molecule has 0 atom stereocenters. The maximum atomic E-state index is 13.2. The first-order valence-corrected chi connectivity index (χ1v) is 12.3. The summed E-state index contributed by atoms with van der Waals surface area (Å²) in [6.45, 7) is 3.31. The van der Waals surface area contributed by atoms with E-state index in [9.17, 15) is 4.79 Å². The molecule has 7 nitrogen and oxygen atoms in total. The van der Waals surface area contributed by atoms with Gasteiger partial charge in [0, 0.05) is 35.9 Å².